The Morgan fingerprint density at radius 2 is 2.17 bits per heavy atom. The highest BCUT2D eigenvalue weighted by Crippen LogP contribution is 2.22. The minimum atomic E-state index is 0.355. The molecule has 0 aliphatic carbocycles. The Morgan fingerprint density at radius 3 is 3.00 bits per heavy atom. The van der Waals surface area contributed by atoms with Gasteiger partial charge in [-0.3, -0.25) is 4.90 Å². The molecule has 1 fully saturated rings. The second kappa shape index (κ2) is 4.75. The van der Waals surface area contributed by atoms with Gasteiger partial charge in [0.2, 0.25) is 0 Å². The Kier molecular flexibility index (Phi) is 3.10. The van der Waals surface area contributed by atoms with Gasteiger partial charge >= 0.3 is 0 Å². The van der Waals surface area contributed by atoms with Crippen LogP contribution in [0, 0.1) is 0 Å². The van der Waals surface area contributed by atoms with Gasteiger partial charge in [0.05, 0.1) is 0 Å². The fourth-order valence-corrected chi connectivity index (χ4v) is 3.03. The standard InChI is InChI=1S/C15H21N3/c1-17-9-12(14-6-2-3-7-15(14)17)10-18-8-4-5-13(16)11-18/h2-3,6-7,9,13H,4-5,8,10-11,16H2,1H3. The van der Waals surface area contributed by atoms with Crippen LogP contribution in [0.3, 0.4) is 0 Å². The molecule has 2 heterocycles. The van der Waals surface area contributed by atoms with Crippen LogP contribution in [0.5, 0.6) is 0 Å². The molecule has 1 aliphatic heterocycles. The number of aryl methyl sites for hydroxylation is 1. The topological polar surface area (TPSA) is 34.2 Å². The fraction of sp³-hybridized carbons (Fsp3) is 0.467. The summed E-state index contributed by atoms with van der Waals surface area (Å²) in [6.45, 7) is 3.23. The van der Waals surface area contributed by atoms with Gasteiger partial charge < -0.3 is 10.3 Å². The lowest BCUT2D eigenvalue weighted by Crippen LogP contribution is -2.42. The second-order valence-electron chi connectivity index (χ2n) is 5.42. The van der Waals surface area contributed by atoms with Crippen molar-refractivity contribution in [1.82, 2.24) is 9.47 Å². The zero-order valence-electron chi connectivity index (χ0n) is 11.0. The SMILES string of the molecule is Cn1cc(CN2CCCC(N)C2)c2ccccc21. The number of aromatic nitrogens is 1. The van der Waals surface area contributed by atoms with Crippen LogP contribution in [-0.2, 0) is 13.6 Å². The van der Waals surface area contributed by atoms with Crippen LogP contribution in [0.2, 0.25) is 0 Å². The lowest BCUT2D eigenvalue weighted by atomic mass is 10.1. The van der Waals surface area contributed by atoms with Crippen LogP contribution in [0.25, 0.3) is 10.9 Å². The predicted octanol–water partition coefficient (Wildman–Crippen LogP) is 2.10. The molecule has 2 aromatic rings. The zero-order chi connectivity index (χ0) is 12.5. The number of hydrogen-bond acceptors (Lipinski definition) is 2. The molecule has 18 heavy (non-hydrogen) atoms. The molecule has 0 amide bonds. The minimum Gasteiger partial charge on any atom is -0.350 e. The minimum absolute atomic E-state index is 0.355. The first-order chi connectivity index (χ1) is 8.74. The average Bonchev–Trinajstić information content (AvgIpc) is 2.67. The molecule has 1 unspecified atom stereocenters. The number of likely N-dealkylation sites (tertiary alicyclic amines) is 1. The van der Waals surface area contributed by atoms with Gasteiger partial charge in [0.25, 0.3) is 0 Å². The van der Waals surface area contributed by atoms with Crippen molar-refractivity contribution in [2.24, 2.45) is 12.8 Å². The summed E-state index contributed by atoms with van der Waals surface area (Å²) in [5, 5.41) is 1.37. The van der Waals surface area contributed by atoms with Gasteiger partial charge in [-0.15, -0.1) is 0 Å². The number of piperidine rings is 1. The van der Waals surface area contributed by atoms with E-state index in [2.05, 4.69) is 47.0 Å². The van der Waals surface area contributed by atoms with Crippen molar-refractivity contribution in [3.63, 3.8) is 0 Å². The van der Waals surface area contributed by atoms with Crippen LogP contribution in [0.15, 0.2) is 30.5 Å². The van der Waals surface area contributed by atoms with E-state index in [-0.39, 0.29) is 0 Å². The molecule has 0 radical (unpaired) electrons. The number of para-hydroxylation sites is 1. The Bertz CT molecular complexity index is 544. The maximum atomic E-state index is 6.05. The summed E-state index contributed by atoms with van der Waals surface area (Å²) < 4.78 is 2.22. The highest BCUT2D eigenvalue weighted by Gasteiger charge is 2.18. The first-order valence-corrected chi connectivity index (χ1v) is 6.75. The summed E-state index contributed by atoms with van der Waals surface area (Å²) in [5.74, 6) is 0. The molecule has 3 heteroatoms. The third-order valence-corrected chi connectivity index (χ3v) is 3.92. The van der Waals surface area contributed by atoms with Gasteiger partial charge in [-0.2, -0.15) is 0 Å². The Labute approximate surface area is 108 Å². The summed E-state index contributed by atoms with van der Waals surface area (Å²) in [6.07, 6.45) is 4.66. The fourth-order valence-electron chi connectivity index (χ4n) is 3.03. The number of fused-ring (bicyclic) bond motifs is 1. The third-order valence-electron chi connectivity index (χ3n) is 3.92. The van der Waals surface area contributed by atoms with E-state index in [0.29, 0.717) is 6.04 Å². The zero-order valence-corrected chi connectivity index (χ0v) is 11.0. The smallest absolute Gasteiger partial charge is 0.0481 e. The number of nitrogens with zero attached hydrogens (tertiary/aromatic N) is 2. The van der Waals surface area contributed by atoms with Crippen LogP contribution in [0.1, 0.15) is 18.4 Å². The molecule has 1 atom stereocenters. The van der Waals surface area contributed by atoms with Crippen LogP contribution in [-0.4, -0.2) is 28.6 Å². The van der Waals surface area contributed by atoms with Gasteiger partial charge in [0, 0.05) is 43.3 Å². The lowest BCUT2D eigenvalue weighted by molar-refractivity contribution is 0.202. The van der Waals surface area contributed by atoms with Crippen molar-refractivity contribution in [2.75, 3.05) is 13.1 Å². The summed E-state index contributed by atoms with van der Waals surface area (Å²) in [7, 11) is 2.12. The quantitative estimate of drug-likeness (QED) is 0.876. The second-order valence-corrected chi connectivity index (χ2v) is 5.42. The largest absolute Gasteiger partial charge is 0.350 e. The van der Waals surface area contributed by atoms with E-state index in [4.69, 9.17) is 5.73 Å². The molecule has 1 aromatic carbocycles. The number of rotatable bonds is 2. The molecule has 1 aromatic heterocycles. The third kappa shape index (κ3) is 2.16. The molecule has 0 bridgehead atoms. The molecule has 2 N–H and O–H groups in total. The van der Waals surface area contributed by atoms with Crippen LogP contribution in [0.4, 0.5) is 0 Å². The van der Waals surface area contributed by atoms with E-state index < -0.39 is 0 Å². The molecular formula is C15H21N3. The number of benzene rings is 1. The summed E-state index contributed by atoms with van der Waals surface area (Å²) >= 11 is 0. The first-order valence-electron chi connectivity index (χ1n) is 6.75. The molecule has 3 rings (SSSR count). The Balaban J connectivity index is 1.86. The van der Waals surface area contributed by atoms with Crippen molar-refractivity contribution < 1.29 is 0 Å². The lowest BCUT2D eigenvalue weighted by Gasteiger charge is -2.30. The Morgan fingerprint density at radius 1 is 1.33 bits per heavy atom. The van der Waals surface area contributed by atoms with E-state index in [9.17, 15) is 0 Å². The number of hydrogen-bond donors (Lipinski definition) is 1. The van der Waals surface area contributed by atoms with E-state index in [0.717, 1.165) is 13.1 Å². The van der Waals surface area contributed by atoms with Gasteiger partial charge in [-0.05, 0) is 31.0 Å². The van der Waals surface area contributed by atoms with Gasteiger partial charge in [-0.1, -0.05) is 18.2 Å². The molecule has 0 saturated carbocycles. The van der Waals surface area contributed by atoms with E-state index in [1.165, 1.54) is 35.9 Å². The monoisotopic (exact) mass is 243 g/mol. The molecule has 1 aliphatic rings. The summed E-state index contributed by atoms with van der Waals surface area (Å²) in [4.78, 5) is 2.48. The maximum Gasteiger partial charge on any atom is 0.0481 e. The highest BCUT2D eigenvalue weighted by molar-refractivity contribution is 5.83. The van der Waals surface area contributed by atoms with Crippen molar-refractivity contribution in [3.05, 3.63) is 36.0 Å². The number of nitrogens with two attached hydrogens (primary N) is 1. The molecule has 96 valence electrons. The van der Waals surface area contributed by atoms with E-state index >= 15 is 0 Å². The van der Waals surface area contributed by atoms with Gasteiger partial charge in [0.15, 0.2) is 0 Å². The van der Waals surface area contributed by atoms with Crippen LogP contribution < -0.4 is 5.73 Å². The van der Waals surface area contributed by atoms with E-state index in [1.54, 1.807) is 0 Å². The van der Waals surface area contributed by atoms with Gasteiger partial charge in [-0.25, -0.2) is 0 Å². The summed E-state index contributed by atoms with van der Waals surface area (Å²) in [5.41, 5.74) is 8.78. The van der Waals surface area contributed by atoms with Gasteiger partial charge in [0.1, 0.15) is 0 Å². The Hall–Kier alpha value is -1.32. The average molecular weight is 243 g/mol. The van der Waals surface area contributed by atoms with Crippen molar-refractivity contribution >= 4 is 10.9 Å². The highest BCUT2D eigenvalue weighted by atomic mass is 15.1. The summed E-state index contributed by atoms with van der Waals surface area (Å²) in [6, 6.07) is 8.97. The molecular weight excluding hydrogens is 222 g/mol. The van der Waals surface area contributed by atoms with Crippen molar-refractivity contribution in [3.8, 4) is 0 Å². The molecule has 3 nitrogen and oxygen atoms in total. The normalized spacial score (nSPS) is 21.6. The van der Waals surface area contributed by atoms with Crippen molar-refractivity contribution in [2.45, 2.75) is 25.4 Å². The first kappa shape index (κ1) is 11.8. The van der Waals surface area contributed by atoms with Crippen molar-refractivity contribution in [1.29, 1.82) is 0 Å². The maximum absolute atomic E-state index is 6.05. The van der Waals surface area contributed by atoms with E-state index in [1.807, 2.05) is 0 Å². The molecule has 1 saturated heterocycles. The molecule has 0 spiro atoms. The van der Waals surface area contributed by atoms with Crippen LogP contribution >= 0.6 is 0 Å². The predicted molar refractivity (Wildman–Crippen MR) is 75.4 cm³/mol.